The summed E-state index contributed by atoms with van der Waals surface area (Å²) in [6.07, 6.45) is 0.274. The minimum absolute atomic E-state index is 0.0530. The van der Waals surface area contributed by atoms with Crippen molar-refractivity contribution >= 4 is 23.3 Å². The number of nitrogens with two attached hydrogens (primary N) is 1. The maximum atomic E-state index is 10.9. The van der Waals surface area contributed by atoms with Gasteiger partial charge in [0.2, 0.25) is 0 Å². The van der Waals surface area contributed by atoms with Crippen LogP contribution in [0.2, 0.25) is 0 Å². The molecular formula is C10H13NO4S. The molecule has 16 heavy (non-hydrogen) atoms. The lowest BCUT2D eigenvalue weighted by Crippen LogP contribution is -2.35. The van der Waals surface area contributed by atoms with Gasteiger partial charge in [0.25, 0.3) is 0 Å². The van der Waals surface area contributed by atoms with Crippen molar-refractivity contribution in [3.63, 3.8) is 0 Å². The fourth-order valence-corrected chi connectivity index (χ4v) is 2.14. The number of rotatable bonds is 6. The van der Waals surface area contributed by atoms with Gasteiger partial charge in [0, 0.05) is 4.88 Å². The van der Waals surface area contributed by atoms with E-state index in [9.17, 15) is 9.59 Å². The topological polar surface area (TPSA) is 101 Å². The fourth-order valence-electron chi connectivity index (χ4n) is 1.35. The Kier molecular flexibility index (Phi) is 4.45. The molecule has 0 saturated heterocycles. The summed E-state index contributed by atoms with van der Waals surface area (Å²) in [5.41, 5.74) is 5.32. The van der Waals surface area contributed by atoms with Crippen LogP contribution in [0.1, 0.15) is 11.3 Å². The molecule has 1 rings (SSSR count). The van der Waals surface area contributed by atoms with Gasteiger partial charge in [-0.15, -0.1) is 11.3 Å². The number of aliphatic carboxylic acids is 2. The standard InChI is InChI=1S/C10H13NO4S/c11-8(10(14)15)5-6(9(12)13)4-7-2-1-3-16-7/h1-3,6,8H,4-5,11H2,(H,12,13)(H,14,15)/t6-,8+/m0/s1. The number of carbonyl (C=O) groups is 2. The third-order valence-corrected chi connectivity index (χ3v) is 3.13. The first-order valence-electron chi connectivity index (χ1n) is 4.74. The van der Waals surface area contributed by atoms with Crippen LogP contribution in [-0.2, 0) is 16.0 Å². The van der Waals surface area contributed by atoms with Crippen LogP contribution < -0.4 is 5.73 Å². The molecule has 0 aliphatic carbocycles. The lowest BCUT2D eigenvalue weighted by Gasteiger charge is -2.13. The summed E-state index contributed by atoms with van der Waals surface area (Å²) in [6, 6.07) is 2.53. The molecule has 6 heteroatoms. The summed E-state index contributed by atoms with van der Waals surface area (Å²) in [6.45, 7) is 0. The van der Waals surface area contributed by atoms with E-state index in [1.807, 2.05) is 17.5 Å². The first-order valence-corrected chi connectivity index (χ1v) is 5.62. The normalized spacial score (nSPS) is 14.3. The number of carboxylic acid groups (broad SMARTS) is 2. The Morgan fingerprint density at radius 3 is 2.50 bits per heavy atom. The van der Waals surface area contributed by atoms with Gasteiger partial charge < -0.3 is 15.9 Å². The number of carboxylic acids is 2. The van der Waals surface area contributed by atoms with Crippen molar-refractivity contribution in [3.8, 4) is 0 Å². The highest BCUT2D eigenvalue weighted by Gasteiger charge is 2.24. The Hall–Kier alpha value is -1.40. The SMILES string of the molecule is N[C@H](C[C@H](Cc1cccs1)C(=O)O)C(=O)O. The summed E-state index contributed by atoms with van der Waals surface area (Å²) < 4.78 is 0. The maximum Gasteiger partial charge on any atom is 0.320 e. The Morgan fingerprint density at radius 2 is 2.06 bits per heavy atom. The van der Waals surface area contributed by atoms with Crippen molar-refractivity contribution in [3.05, 3.63) is 22.4 Å². The average molecular weight is 243 g/mol. The van der Waals surface area contributed by atoms with E-state index in [2.05, 4.69) is 0 Å². The van der Waals surface area contributed by atoms with Crippen LogP contribution in [0.4, 0.5) is 0 Å². The molecule has 1 heterocycles. The van der Waals surface area contributed by atoms with Gasteiger partial charge in [-0.1, -0.05) is 6.07 Å². The quantitative estimate of drug-likeness (QED) is 0.686. The molecule has 4 N–H and O–H groups in total. The van der Waals surface area contributed by atoms with E-state index in [0.29, 0.717) is 6.42 Å². The van der Waals surface area contributed by atoms with Gasteiger partial charge in [-0.3, -0.25) is 9.59 Å². The highest BCUT2D eigenvalue weighted by molar-refractivity contribution is 7.09. The van der Waals surface area contributed by atoms with Crippen molar-refractivity contribution in [2.75, 3.05) is 0 Å². The minimum Gasteiger partial charge on any atom is -0.481 e. The van der Waals surface area contributed by atoms with Crippen LogP contribution in [0.25, 0.3) is 0 Å². The van der Waals surface area contributed by atoms with Crippen molar-refractivity contribution in [2.24, 2.45) is 11.7 Å². The Labute approximate surface area is 96.5 Å². The van der Waals surface area contributed by atoms with Crippen molar-refractivity contribution in [2.45, 2.75) is 18.9 Å². The molecule has 1 aromatic rings. The van der Waals surface area contributed by atoms with Crippen LogP contribution >= 0.6 is 11.3 Å². The highest BCUT2D eigenvalue weighted by atomic mass is 32.1. The second-order valence-corrected chi connectivity index (χ2v) is 4.53. The average Bonchev–Trinajstić information content (AvgIpc) is 2.68. The highest BCUT2D eigenvalue weighted by Crippen LogP contribution is 2.18. The molecule has 5 nitrogen and oxygen atoms in total. The summed E-state index contributed by atoms with van der Waals surface area (Å²) in [5.74, 6) is -2.92. The third kappa shape index (κ3) is 3.63. The van der Waals surface area contributed by atoms with Gasteiger partial charge in [0.1, 0.15) is 6.04 Å². The maximum absolute atomic E-state index is 10.9. The first kappa shape index (κ1) is 12.7. The van der Waals surface area contributed by atoms with E-state index in [1.54, 1.807) is 0 Å². The first-order chi connectivity index (χ1) is 7.50. The molecule has 0 saturated carbocycles. The van der Waals surface area contributed by atoms with Crippen LogP contribution in [-0.4, -0.2) is 28.2 Å². The van der Waals surface area contributed by atoms with Crippen LogP contribution in [0.5, 0.6) is 0 Å². The van der Waals surface area contributed by atoms with E-state index >= 15 is 0 Å². The third-order valence-electron chi connectivity index (χ3n) is 2.23. The lowest BCUT2D eigenvalue weighted by molar-refractivity contribution is -0.143. The van der Waals surface area contributed by atoms with Gasteiger partial charge in [-0.25, -0.2) is 0 Å². The summed E-state index contributed by atoms with van der Waals surface area (Å²) >= 11 is 1.45. The molecular weight excluding hydrogens is 230 g/mol. The summed E-state index contributed by atoms with van der Waals surface area (Å²) in [7, 11) is 0. The minimum atomic E-state index is -1.17. The molecule has 0 spiro atoms. The Balaban J connectivity index is 2.61. The fraction of sp³-hybridized carbons (Fsp3) is 0.400. The molecule has 2 atom stereocenters. The zero-order valence-electron chi connectivity index (χ0n) is 8.50. The molecule has 0 aromatic carbocycles. The van der Waals surface area contributed by atoms with Crippen LogP contribution in [0.3, 0.4) is 0 Å². The van der Waals surface area contributed by atoms with E-state index < -0.39 is 23.9 Å². The van der Waals surface area contributed by atoms with Gasteiger partial charge in [-0.05, 0) is 24.3 Å². The van der Waals surface area contributed by atoms with Crippen molar-refractivity contribution in [1.82, 2.24) is 0 Å². The largest absolute Gasteiger partial charge is 0.481 e. The molecule has 88 valence electrons. The van der Waals surface area contributed by atoms with E-state index in [4.69, 9.17) is 15.9 Å². The Bertz CT molecular complexity index is 363. The van der Waals surface area contributed by atoms with Crippen molar-refractivity contribution < 1.29 is 19.8 Å². The number of thiophene rings is 1. The van der Waals surface area contributed by atoms with Crippen LogP contribution in [0.15, 0.2) is 17.5 Å². The van der Waals surface area contributed by atoms with Gasteiger partial charge in [0.15, 0.2) is 0 Å². The monoisotopic (exact) mass is 243 g/mol. The summed E-state index contributed by atoms with van der Waals surface area (Å²) in [4.78, 5) is 22.4. The van der Waals surface area contributed by atoms with E-state index in [1.165, 1.54) is 11.3 Å². The molecule has 0 aliphatic rings. The van der Waals surface area contributed by atoms with Gasteiger partial charge >= 0.3 is 11.9 Å². The van der Waals surface area contributed by atoms with Crippen molar-refractivity contribution in [1.29, 1.82) is 0 Å². The van der Waals surface area contributed by atoms with E-state index in [0.717, 1.165) is 4.88 Å². The van der Waals surface area contributed by atoms with E-state index in [-0.39, 0.29) is 6.42 Å². The zero-order chi connectivity index (χ0) is 12.1. The smallest absolute Gasteiger partial charge is 0.320 e. The zero-order valence-corrected chi connectivity index (χ0v) is 9.31. The second kappa shape index (κ2) is 5.62. The van der Waals surface area contributed by atoms with Crippen LogP contribution in [0, 0.1) is 5.92 Å². The molecule has 0 bridgehead atoms. The predicted octanol–water partition coefficient (Wildman–Crippen LogP) is 0.793. The number of hydrogen-bond donors (Lipinski definition) is 3. The molecule has 0 amide bonds. The molecule has 1 aromatic heterocycles. The van der Waals surface area contributed by atoms with Gasteiger partial charge in [-0.2, -0.15) is 0 Å². The lowest BCUT2D eigenvalue weighted by atomic mass is 9.96. The molecule has 0 fully saturated rings. The molecule has 0 aliphatic heterocycles. The summed E-state index contributed by atoms with van der Waals surface area (Å²) in [5, 5.41) is 19.4. The predicted molar refractivity (Wildman–Crippen MR) is 59.4 cm³/mol. The Morgan fingerprint density at radius 1 is 1.38 bits per heavy atom. The molecule has 0 unspecified atom stereocenters. The second-order valence-electron chi connectivity index (χ2n) is 3.50. The van der Waals surface area contributed by atoms with Gasteiger partial charge in [0.05, 0.1) is 5.92 Å². The number of hydrogen-bond acceptors (Lipinski definition) is 4. The molecule has 0 radical (unpaired) electrons.